The Morgan fingerprint density at radius 1 is 1.29 bits per heavy atom. The van der Waals surface area contributed by atoms with E-state index in [0.29, 0.717) is 6.54 Å². The fourth-order valence-electron chi connectivity index (χ4n) is 1.87. The van der Waals surface area contributed by atoms with Crippen molar-refractivity contribution in [3.8, 4) is 5.69 Å². The lowest BCUT2D eigenvalue weighted by molar-refractivity contribution is 0.161. The lowest BCUT2D eigenvalue weighted by Gasteiger charge is -2.05. The number of nitrogens with one attached hydrogen (secondary N) is 1. The molecular formula is C12H15N3O2. The number of rotatable bonds is 3. The highest BCUT2D eigenvalue weighted by Gasteiger charge is 2.07. The molecule has 17 heavy (non-hydrogen) atoms. The number of benzene rings is 1. The van der Waals surface area contributed by atoms with Crippen LogP contribution in [0.3, 0.4) is 0 Å². The van der Waals surface area contributed by atoms with Crippen LogP contribution < -0.4 is 11.2 Å². The third kappa shape index (κ3) is 2.15. The van der Waals surface area contributed by atoms with E-state index in [9.17, 15) is 4.79 Å². The van der Waals surface area contributed by atoms with Gasteiger partial charge in [-0.15, -0.1) is 0 Å². The van der Waals surface area contributed by atoms with Gasteiger partial charge in [0.25, 0.3) is 0 Å². The van der Waals surface area contributed by atoms with E-state index < -0.39 is 0 Å². The first-order valence-electron chi connectivity index (χ1n) is 5.34. The van der Waals surface area contributed by atoms with E-state index >= 15 is 0 Å². The molecule has 0 aliphatic carbocycles. The van der Waals surface area contributed by atoms with Crippen molar-refractivity contribution in [2.75, 3.05) is 0 Å². The summed E-state index contributed by atoms with van der Waals surface area (Å²) in [6.07, 6.45) is 1.80. The van der Waals surface area contributed by atoms with Crippen LogP contribution in [0.4, 0.5) is 0 Å². The van der Waals surface area contributed by atoms with E-state index in [-0.39, 0.29) is 5.69 Å². The van der Waals surface area contributed by atoms with Crippen molar-refractivity contribution in [2.24, 2.45) is 7.05 Å². The lowest BCUT2D eigenvalue weighted by atomic mass is 10.2. The standard InChI is InChI=1S/C12H15N3O2/c1-9-8-14(2)12(16)15(9)11-5-3-10(4-6-11)7-13-17/h3-6,8,13,17H,7H2,1-2H3. The van der Waals surface area contributed by atoms with Crippen LogP contribution in [0.1, 0.15) is 11.3 Å². The normalized spacial score (nSPS) is 10.8. The Bertz CT molecular complexity index is 566. The monoisotopic (exact) mass is 233 g/mol. The van der Waals surface area contributed by atoms with Crippen LogP contribution in [0.2, 0.25) is 0 Å². The summed E-state index contributed by atoms with van der Waals surface area (Å²) in [5.74, 6) is 0. The summed E-state index contributed by atoms with van der Waals surface area (Å²) in [6, 6.07) is 7.47. The first-order chi connectivity index (χ1) is 8.13. The summed E-state index contributed by atoms with van der Waals surface area (Å²) < 4.78 is 3.20. The molecule has 0 bridgehead atoms. The summed E-state index contributed by atoms with van der Waals surface area (Å²) in [7, 11) is 1.73. The molecule has 0 aliphatic heterocycles. The molecule has 2 N–H and O–H groups in total. The zero-order valence-corrected chi connectivity index (χ0v) is 9.84. The summed E-state index contributed by atoms with van der Waals surface area (Å²) in [6.45, 7) is 2.29. The Kier molecular flexibility index (Phi) is 3.12. The smallest absolute Gasteiger partial charge is 0.316 e. The van der Waals surface area contributed by atoms with E-state index in [4.69, 9.17) is 5.21 Å². The van der Waals surface area contributed by atoms with Crippen molar-refractivity contribution in [1.29, 1.82) is 0 Å². The third-order valence-corrected chi connectivity index (χ3v) is 2.70. The van der Waals surface area contributed by atoms with E-state index in [1.54, 1.807) is 22.4 Å². The minimum atomic E-state index is -0.0597. The quantitative estimate of drug-likeness (QED) is 0.776. The van der Waals surface area contributed by atoms with Gasteiger partial charge in [0.2, 0.25) is 0 Å². The maximum Gasteiger partial charge on any atom is 0.332 e. The fourth-order valence-corrected chi connectivity index (χ4v) is 1.87. The van der Waals surface area contributed by atoms with E-state index in [1.165, 1.54) is 0 Å². The molecule has 1 aromatic carbocycles. The maximum atomic E-state index is 11.9. The number of nitrogens with zero attached hydrogens (tertiary/aromatic N) is 2. The van der Waals surface area contributed by atoms with Gasteiger partial charge in [-0.1, -0.05) is 12.1 Å². The van der Waals surface area contributed by atoms with E-state index in [1.807, 2.05) is 31.2 Å². The summed E-state index contributed by atoms with van der Waals surface area (Å²) >= 11 is 0. The first-order valence-corrected chi connectivity index (χ1v) is 5.34. The van der Waals surface area contributed by atoms with Gasteiger partial charge < -0.3 is 9.77 Å². The molecule has 0 aliphatic rings. The molecule has 0 fully saturated rings. The van der Waals surface area contributed by atoms with Gasteiger partial charge in [0.1, 0.15) is 0 Å². The minimum absolute atomic E-state index is 0.0597. The molecule has 2 aromatic rings. The number of aromatic nitrogens is 2. The second-order valence-electron chi connectivity index (χ2n) is 4.00. The molecule has 2 rings (SSSR count). The maximum absolute atomic E-state index is 11.9. The van der Waals surface area contributed by atoms with Gasteiger partial charge in [-0.05, 0) is 24.6 Å². The molecule has 5 heteroatoms. The third-order valence-electron chi connectivity index (χ3n) is 2.70. The van der Waals surface area contributed by atoms with Crippen LogP contribution in [0, 0.1) is 6.92 Å². The Labute approximate surface area is 98.9 Å². The van der Waals surface area contributed by atoms with Crippen LogP contribution in [-0.2, 0) is 13.6 Å². The van der Waals surface area contributed by atoms with Gasteiger partial charge in [-0.3, -0.25) is 4.57 Å². The van der Waals surface area contributed by atoms with Crippen LogP contribution >= 0.6 is 0 Å². The van der Waals surface area contributed by atoms with Crippen molar-refractivity contribution in [2.45, 2.75) is 13.5 Å². The number of hydrogen-bond donors (Lipinski definition) is 2. The van der Waals surface area contributed by atoms with Crippen LogP contribution in [-0.4, -0.2) is 14.3 Å². The number of hydrogen-bond acceptors (Lipinski definition) is 3. The first kappa shape index (κ1) is 11.6. The van der Waals surface area contributed by atoms with Crippen molar-refractivity contribution in [3.63, 3.8) is 0 Å². The van der Waals surface area contributed by atoms with Gasteiger partial charge in [0, 0.05) is 25.5 Å². The molecule has 1 aromatic heterocycles. The minimum Gasteiger partial charge on any atom is -0.316 e. The average molecular weight is 233 g/mol. The molecule has 0 amide bonds. The molecule has 90 valence electrons. The molecule has 0 saturated carbocycles. The van der Waals surface area contributed by atoms with Gasteiger partial charge in [0.15, 0.2) is 0 Å². The van der Waals surface area contributed by atoms with Gasteiger partial charge in [-0.25, -0.2) is 10.3 Å². The Hall–Kier alpha value is -1.85. The SMILES string of the molecule is Cc1cn(C)c(=O)n1-c1ccc(CNO)cc1. The zero-order valence-electron chi connectivity index (χ0n) is 9.84. The highest BCUT2D eigenvalue weighted by Crippen LogP contribution is 2.10. The summed E-state index contributed by atoms with van der Waals surface area (Å²) in [5.41, 5.74) is 4.72. The van der Waals surface area contributed by atoms with E-state index in [0.717, 1.165) is 16.9 Å². The lowest BCUT2D eigenvalue weighted by Crippen LogP contribution is -2.21. The van der Waals surface area contributed by atoms with Crippen molar-refractivity contribution in [1.82, 2.24) is 14.6 Å². The molecule has 0 radical (unpaired) electrons. The number of imidazole rings is 1. The van der Waals surface area contributed by atoms with Gasteiger partial charge >= 0.3 is 5.69 Å². The summed E-state index contributed by atoms with van der Waals surface area (Å²) in [5, 5.41) is 8.59. The van der Waals surface area contributed by atoms with Crippen molar-refractivity contribution in [3.05, 3.63) is 52.2 Å². The molecule has 0 unspecified atom stereocenters. The molecule has 5 nitrogen and oxygen atoms in total. The Balaban J connectivity index is 2.43. The molecule has 0 spiro atoms. The van der Waals surface area contributed by atoms with Crippen molar-refractivity contribution < 1.29 is 5.21 Å². The van der Waals surface area contributed by atoms with Crippen LogP contribution in [0.15, 0.2) is 35.3 Å². The predicted octanol–water partition coefficient (Wildman–Crippen LogP) is 0.963. The predicted molar refractivity (Wildman–Crippen MR) is 64.4 cm³/mol. The van der Waals surface area contributed by atoms with Gasteiger partial charge in [0.05, 0.1) is 5.69 Å². The molecule has 1 heterocycles. The molecule has 0 saturated heterocycles. The average Bonchev–Trinajstić information content (AvgIpc) is 2.55. The topological polar surface area (TPSA) is 59.2 Å². The fraction of sp³-hybridized carbons (Fsp3) is 0.250. The van der Waals surface area contributed by atoms with E-state index in [2.05, 4.69) is 5.48 Å². The highest BCUT2D eigenvalue weighted by atomic mass is 16.5. The second kappa shape index (κ2) is 4.57. The largest absolute Gasteiger partial charge is 0.332 e. The molecular weight excluding hydrogens is 218 g/mol. The second-order valence-corrected chi connectivity index (χ2v) is 4.00. The summed E-state index contributed by atoms with van der Waals surface area (Å²) in [4.78, 5) is 11.9. The Morgan fingerprint density at radius 2 is 1.94 bits per heavy atom. The van der Waals surface area contributed by atoms with Crippen molar-refractivity contribution >= 4 is 0 Å². The number of aryl methyl sites for hydroxylation is 2. The van der Waals surface area contributed by atoms with Gasteiger partial charge in [-0.2, -0.15) is 0 Å². The zero-order chi connectivity index (χ0) is 12.4. The number of hydroxylamine groups is 1. The van der Waals surface area contributed by atoms with Crippen LogP contribution in [0.5, 0.6) is 0 Å². The molecule has 0 atom stereocenters. The van der Waals surface area contributed by atoms with Crippen LogP contribution in [0.25, 0.3) is 5.69 Å². The Morgan fingerprint density at radius 3 is 2.41 bits per heavy atom. The highest BCUT2D eigenvalue weighted by molar-refractivity contribution is 5.36.